The van der Waals surface area contributed by atoms with E-state index in [2.05, 4.69) is 110 Å². The van der Waals surface area contributed by atoms with Crippen molar-refractivity contribution < 1.29 is 31.4 Å². The van der Waals surface area contributed by atoms with Gasteiger partial charge in [-0.15, -0.1) is 53.6 Å². The van der Waals surface area contributed by atoms with Gasteiger partial charge in [0.25, 0.3) is 0 Å². The van der Waals surface area contributed by atoms with Crippen molar-refractivity contribution in [2.45, 2.75) is 66.0 Å². The molecule has 3 heterocycles. The molecule has 8 rings (SSSR count). The minimum Gasteiger partial charge on any atom is -0.501 e. The van der Waals surface area contributed by atoms with E-state index in [0.29, 0.717) is 16.8 Å². The van der Waals surface area contributed by atoms with Crippen molar-refractivity contribution in [2.24, 2.45) is 10.4 Å². The van der Waals surface area contributed by atoms with Gasteiger partial charge >= 0.3 is 0 Å². The van der Waals surface area contributed by atoms with Gasteiger partial charge in [-0.1, -0.05) is 137 Å². The summed E-state index contributed by atoms with van der Waals surface area (Å²) in [6.07, 6.45) is 1.17. The van der Waals surface area contributed by atoms with Crippen LogP contribution in [-0.4, -0.2) is 18.8 Å². The minimum atomic E-state index is -2.17. The Morgan fingerprint density at radius 1 is 0.865 bits per heavy atom. The summed E-state index contributed by atoms with van der Waals surface area (Å²) in [4.78, 5) is 9.60. The standard InChI is InChI=1S/C27H18NO.C20H28NSi.Ir/c1-2-9-18(10-3-1)17-23-19-11-4-6-15-24(19)28-26(23)22-14-8-13-21-20-12-5-7-16-25(20)29-27(21)22;1-15-8-10-16(11-9-15)18-12-17(13-20(2,3)4)19(14-21-18)22(5,6)7;/h1-13,15-16,23H,17H2;8-10,12,14H,13H2,1-7H3;/q2*-1;/i;1D3,13D2;. The van der Waals surface area contributed by atoms with Crippen LogP contribution < -0.4 is 5.19 Å². The van der Waals surface area contributed by atoms with E-state index >= 15 is 0 Å². The van der Waals surface area contributed by atoms with E-state index in [0.717, 1.165) is 50.5 Å². The average Bonchev–Trinajstić information content (AvgIpc) is 3.73. The van der Waals surface area contributed by atoms with Crippen LogP contribution >= 0.6 is 0 Å². The van der Waals surface area contributed by atoms with Crippen molar-refractivity contribution >= 4 is 46.6 Å². The number of furan rings is 1. The molecule has 1 unspecified atom stereocenters. The first-order chi connectivity index (χ1) is 26.4. The number of fused-ring (bicyclic) bond motifs is 4. The molecule has 3 nitrogen and oxygen atoms in total. The zero-order valence-corrected chi connectivity index (χ0v) is 33.9. The SMILES string of the molecule is [2H]C([2H])([2H])c1c[c-]c(-c2cc(C([2H])([2H])C(C)(C)C)c([Si](C)(C)C)cn2)cc1.[Ir].[c-]1ccc2c(oc3ccccc32)c1C1=Nc2ccccc2C1Cc1ccccc1. The van der Waals surface area contributed by atoms with Crippen LogP contribution in [0.1, 0.15) is 61.4 Å². The molecular formula is C47H46IrN2OSi-2. The van der Waals surface area contributed by atoms with Gasteiger partial charge in [0.2, 0.25) is 0 Å². The van der Waals surface area contributed by atoms with E-state index in [1.807, 2.05) is 45.0 Å². The first kappa shape index (κ1) is 31.1. The van der Waals surface area contributed by atoms with Gasteiger partial charge in [-0.05, 0) is 64.0 Å². The maximum absolute atomic E-state index is 8.79. The Hall–Kier alpha value is -4.41. The summed E-state index contributed by atoms with van der Waals surface area (Å²) < 4.78 is 46.3. The summed E-state index contributed by atoms with van der Waals surface area (Å²) in [5.74, 6) is 0.184. The predicted octanol–water partition coefficient (Wildman–Crippen LogP) is 11.8. The fraction of sp³-hybridized carbons (Fsp3) is 0.234. The second kappa shape index (κ2) is 15.3. The third-order valence-corrected chi connectivity index (χ3v) is 11.1. The molecule has 7 aromatic rings. The van der Waals surface area contributed by atoms with Crippen LogP contribution in [0.4, 0.5) is 5.69 Å². The monoisotopic (exact) mass is 880 g/mol. The van der Waals surface area contributed by atoms with Gasteiger partial charge in [0.05, 0.1) is 19.3 Å². The average molecular weight is 880 g/mol. The molecule has 1 radical (unpaired) electrons. The molecule has 52 heavy (non-hydrogen) atoms. The Morgan fingerprint density at radius 3 is 2.35 bits per heavy atom. The van der Waals surface area contributed by atoms with Crippen LogP contribution in [0.3, 0.4) is 0 Å². The molecule has 0 bridgehead atoms. The first-order valence-electron chi connectivity index (χ1n) is 20.0. The summed E-state index contributed by atoms with van der Waals surface area (Å²) in [5.41, 5.74) is 9.01. The van der Waals surface area contributed by atoms with Crippen molar-refractivity contribution in [1.29, 1.82) is 0 Å². The summed E-state index contributed by atoms with van der Waals surface area (Å²) in [6.45, 7) is 10.1. The summed E-state index contributed by atoms with van der Waals surface area (Å²) in [5, 5.41) is 3.25. The zero-order valence-electron chi connectivity index (χ0n) is 35.5. The van der Waals surface area contributed by atoms with Gasteiger partial charge < -0.3 is 14.4 Å². The van der Waals surface area contributed by atoms with Gasteiger partial charge in [0, 0.05) is 38.5 Å². The minimum absolute atomic E-state index is 0. The summed E-state index contributed by atoms with van der Waals surface area (Å²) in [6, 6.07) is 44.3. The van der Waals surface area contributed by atoms with Gasteiger partial charge in [-0.25, -0.2) is 0 Å². The van der Waals surface area contributed by atoms with Crippen LogP contribution in [0.25, 0.3) is 33.2 Å². The number of benzene rings is 5. The van der Waals surface area contributed by atoms with E-state index in [-0.39, 0.29) is 31.6 Å². The fourth-order valence-corrected chi connectivity index (χ4v) is 8.09. The first-order valence-corrected chi connectivity index (χ1v) is 21.0. The number of hydrogen-bond acceptors (Lipinski definition) is 3. The van der Waals surface area contributed by atoms with E-state index in [9.17, 15) is 0 Å². The maximum atomic E-state index is 8.79. The largest absolute Gasteiger partial charge is 0.501 e. The number of para-hydroxylation sites is 2. The number of aryl methyl sites for hydroxylation is 1. The van der Waals surface area contributed by atoms with Gasteiger partial charge in [-0.3, -0.25) is 0 Å². The molecule has 2 aromatic heterocycles. The second-order valence-electron chi connectivity index (χ2n) is 15.2. The van der Waals surface area contributed by atoms with E-state index in [1.165, 1.54) is 17.2 Å². The van der Waals surface area contributed by atoms with Crippen molar-refractivity contribution in [3.05, 3.63) is 161 Å². The molecule has 5 heteroatoms. The number of aromatic nitrogens is 1. The normalized spacial score (nSPS) is 15.9. The Labute approximate surface area is 330 Å². The third-order valence-electron chi connectivity index (χ3n) is 9.07. The molecule has 265 valence electrons. The molecule has 0 aliphatic carbocycles. The van der Waals surface area contributed by atoms with Crippen LogP contribution in [0.15, 0.2) is 131 Å². The van der Waals surface area contributed by atoms with Crippen molar-refractivity contribution in [3.8, 4) is 11.3 Å². The molecule has 0 N–H and O–H groups in total. The van der Waals surface area contributed by atoms with E-state index < -0.39 is 26.7 Å². The molecule has 1 aliphatic rings. The Balaban J connectivity index is 0.000000190. The van der Waals surface area contributed by atoms with Crippen molar-refractivity contribution in [3.63, 3.8) is 0 Å². The Morgan fingerprint density at radius 2 is 1.62 bits per heavy atom. The van der Waals surface area contributed by atoms with Gasteiger partial charge in [-0.2, -0.15) is 0 Å². The Kier molecular flexibility index (Phi) is 9.15. The number of aliphatic imine (C=N–C) groups is 1. The quantitative estimate of drug-likeness (QED) is 0.123. The van der Waals surface area contributed by atoms with Crippen LogP contribution in [0, 0.1) is 24.4 Å². The van der Waals surface area contributed by atoms with Gasteiger partial charge in [0.15, 0.2) is 0 Å². The van der Waals surface area contributed by atoms with Crippen molar-refractivity contribution in [1.82, 2.24) is 4.98 Å². The summed E-state index contributed by atoms with van der Waals surface area (Å²) >= 11 is 0. The van der Waals surface area contributed by atoms with Crippen LogP contribution in [-0.2, 0) is 32.9 Å². The van der Waals surface area contributed by atoms with E-state index in [4.69, 9.17) is 16.3 Å². The fourth-order valence-electron chi connectivity index (χ4n) is 6.70. The second-order valence-corrected chi connectivity index (χ2v) is 20.3. The molecule has 0 fully saturated rings. The molecule has 1 aliphatic heterocycles. The molecular weight excluding hydrogens is 829 g/mol. The van der Waals surface area contributed by atoms with Crippen LogP contribution in [0.5, 0.6) is 0 Å². The molecule has 5 aromatic carbocycles. The maximum Gasteiger partial charge on any atom is 0.120 e. The topological polar surface area (TPSA) is 38.4 Å². The zero-order chi connectivity index (χ0) is 40.0. The van der Waals surface area contributed by atoms with E-state index in [1.54, 1.807) is 18.3 Å². The summed E-state index contributed by atoms with van der Waals surface area (Å²) in [7, 11) is -1.81. The number of rotatable bonds is 6. The number of pyridine rings is 1. The number of hydrogen-bond donors (Lipinski definition) is 0. The number of nitrogens with zero attached hydrogens (tertiary/aromatic N) is 2. The van der Waals surface area contributed by atoms with Crippen molar-refractivity contribution in [2.75, 3.05) is 0 Å². The third kappa shape index (κ3) is 8.13. The molecule has 0 amide bonds. The smallest absolute Gasteiger partial charge is 0.120 e. The molecule has 0 saturated heterocycles. The Bertz CT molecular complexity index is 2550. The van der Waals surface area contributed by atoms with Gasteiger partial charge in [0.1, 0.15) is 5.58 Å². The molecule has 0 saturated carbocycles. The molecule has 1 atom stereocenters. The van der Waals surface area contributed by atoms with Crippen LogP contribution in [0.2, 0.25) is 19.6 Å². The molecule has 0 spiro atoms. The predicted molar refractivity (Wildman–Crippen MR) is 217 cm³/mol.